The van der Waals surface area contributed by atoms with Crippen molar-refractivity contribution < 1.29 is 77.8 Å². The molecule has 1 aromatic carbocycles. The third kappa shape index (κ3) is 19.8. The number of amides is 6. The van der Waals surface area contributed by atoms with Gasteiger partial charge in [-0.1, -0.05) is 76.8 Å². The van der Waals surface area contributed by atoms with Crippen LogP contribution in [0.5, 0.6) is 0 Å². The molecule has 65 heavy (non-hydrogen) atoms. The molecule has 0 saturated carbocycles. The quantitative estimate of drug-likeness (QED) is 0.0623. The highest BCUT2D eigenvalue weighted by Gasteiger charge is 2.39. The van der Waals surface area contributed by atoms with Gasteiger partial charge in [-0.25, -0.2) is 4.79 Å². The summed E-state index contributed by atoms with van der Waals surface area (Å²) >= 11 is 0. The van der Waals surface area contributed by atoms with Crippen LogP contribution < -0.4 is 37.6 Å². The van der Waals surface area contributed by atoms with Crippen LogP contribution in [0, 0.1) is 11.8 Å². The van der Waals surface area contributed by atoms with E-state index in [1.54, 1.807) is 44.2 Å². The lowest BCUT2D eigenvalue weighted by molar-refractivity contribution is -0.143. The molecule has 23 nitrogen and oxygen atoms in total. The van der Waals surface area contributed by atoms with Gasteiger partial charge in [0, 0.05) is 31.3 Å². The van der Waals surface area contributed by atoms with Crippen molar-refractivity contribution in [3.63, 3.8) is 0 Å². The molecule has 1 aliphatic rings. The van der Waals surface area contributed by atoms with Gasteiger partial charge in [0.1, 0.15) is 36.0 Å². The summed E-state index contributed by atoms with van der Waals surface area (Å²) in [4.78, 5) is 138. The normalized spacial score (nSPS) is 20.4. The summed E-state index contributed by atoms with van der Waals surface area (Å²) < 4.78 is 14.0. The zero-order chi connectivity index (χ0) is 49.0. The van der Waals surface area contributed by atoms with Crippen LogP contribution in [-0.4, -0.2) is 133 Å². The lowest BCUT2D eigenvalue weighted by Crippen LogP contribution is -2.57. The van der Waals surface area contributed by atoms with Crippen molar-refractivity contribution in [2.75, 3.05) is 6.16 Å². The molecule has 0 radical (unpaired) electrons. The number of nitrogens with one attached hydrogen (secondary N) is 6. The molecule has 1 saturated heterocycles. The second-order valence-corrected chi connectivity index (χ2v) is 18.9. The van der Waals surface area contributed by atoms with Crippen molar-refractivity contribution in [1.82, 2.24) is 31.9 Å². The van der Waals surface area contributed by atoms with Crippen molar-refractivity contribution in [1.29, 1.82) is 0 Å². The van der Waals surface area contributed by atoms with Crippen molar-refractivity contribution in [2.45, 2.75) is 140 Å². The molecule has 0 spiro atoms. The standard InChI is InChI=1S/C41H62N7O16P/c1-22(2)34(40(60)44-27(16-18-32(51)52)38(58)46-29(41(61)62)19-24-11-7-6-8-12-24)48-35(55)23(3)21-65(63,64)30-14-10-5-4-9-13-26(43-36(56)25(42)15-17-31(49)50)37(57)45-28(20-33(53)54)39(59)47-30/h6-8,11-12,22-23,25-30,34H,4-5,9-10,13-21,42H2,1-3H3,(H,43,56)(H,44,60)(H,45,57)(H,46,58)(H,47,59)(H,48,55)(H,49,50)(H,51,52)(H,53,54)(H,61,62)(H,63,64)/t23?,25-,26-,27-,28-,29-,30+,34-/m0/s1. The molecule has 0 aromatic heterocycles. The van der Waals surface area contributed by atoms with E-state index in [0.29, 0.717) is 24.8 Å². The molecular formula is C41H62N7O16P. The van der Waals surface area contributed by atoms with Crippen molar-refractivity contribution in [2.24, 2.45) is 17.6 Å². The van der Waals surface area contributed by atoms with E-state index < -0.39 is 152 Å². The van der Waals surface area contributed by atoms with Crippen LogP contribution in [0.3, 0.4) is 0 Å². The van der Waals surface area contributed by atoms with Gasteiger partial charge in [-0.2, -0.15) is 0 Å². The number of aliphatic carboxylic acids is 4. The lowest BCUT2D eigenvalue weighted by atomic mass is 10.0. The Morgan fingerprint density at radius 3 is 1.88 bits per heavy atom. The molecule has 0 bridgehead atoms. The molecule has 1 aromatic rings. The van der Waals surface area contributed by atoms with Crippen LogP contribution in [0.2, 0.25) is 0 Å². The van der Waals surface area contributed by atoms with E-state index in [4.69, 9.17) is 10.8 Å². The summed E-state index contributed by atoms with van der Waals surface area (Å²) in [6.45, 7) is 4.37. The Morgan fingerprint density at radius 1 is 0.723 bits per heavy atom. The fourth-order valence-corrected chi connectivity index (χ4v) is 8.97. The molecular weight excluding hydrogens is 877 g/mol. The van der Waals surface area contributed by atoms with E-state index in [9.17, 15) is 72.7 Å². The highest BCUT2D eigenvalue weighted by molar-refractivity contribution is 7.58. The maximum Gasteiger partial charge on any atom is 0.326 e. The molecule has 2 rings (SSSR count). The Labute approximate surface area is 375 Å². The van der Waals surface area contributed by atoms with E-state index in [1.165, 1.54) is 6.92 Å². The predicted octanol–water partition coefficient (Wildman–Crippen LogP) is -0.372. The minimum atomic E-state index is -4.58. The molecule has 6 amide bonds. The highest BCUT2D eigenvalue weighted by atomic mass is 31.2. The first-order valence-electron chi connectivity index (χ1n) is 21.2. The Balaban J connectivity index is 2.24. The maximum atomic E-state index is 14.0. The number of carboxylic acid groups (broad SMARTS) is 4. The maximum absolute atomic E-state index is 14.0. The number of hydrogen-bond donors (Lipinski definition) is 12. The van der Waals surface area contributed by atoms with Crippen molar-refractivity contribution in [3.05, 3.63) is 35.9 Å². The van der Waals surface area contributed by atoms with E-state index in [1.807, 2.05) is 0 Å². The summed E-state index contributed by atoms with van der Waals surface area (Å²) in [5.74, 6) is -14.7. The third-order valence-electron chi connectivity index (χ3n) is 10.6. The summed E-state index contributed by atoms with van der Waals surface area (Å²) in [6.07, 6.45) is -2.16. The first-order valence-corrected chi connectivity index (χ1v) is 23.1. The number of carbonyl (C=O) groups is 10. The Hall–Kier alpha value is -5.93. The molecule has 2 unspecified atom stereocenters. The zero-order valence-corrected chi connectivity index (χ0v) is 37.4. The third-order valence-corrected chi connectivity index (χ3v) is 13.0. The van der Waals surface area contributed by atoms with Gasteiger partial charge in [0.15, 0.2) is 0 Å². The van der Waals surface area contributed by atoms with Gasteiger partial charge >= 0.3 is 23.9 Å². The van der Waals surface area contributed by atoms with E-state index >= 15 is 0 Å². The molecule has 1 aliphatic heterocycles. The smallest absolute Gasteiger partial charge is 0.326 e. The average molecular weight is 940 g/mol. The molecule has 13 N–H and O–H groups in total. The molecule has 1 heterocycles. The Kier molecular flexibility index (Phi) is 22.7. The first kappa shape index (κ1) is 55.2. The largest absolute Gasteiger partial charge is 0.481 e. The van der Waals surface area contributed by atoms with Gasteiger partial charge in [0.2, 0.25) is 42.8 Å². The van der Waals surface area contributed by atoms with Crippen molar-refractivity contribution >= 4 is 66.7 Å². The van der Waals surface area contributed by atoms with Crippen LogP contribution in [0.1, 0.15) is 97.0 Å². The number of rotatable bonds is 23. The van der Waals surface area contributed by atoms with E-state index in [0.717, 1.165) is 0 Å². The number of benzene rings is 1. The number of carbonyl (C=O) groups excluding carboxylic acids is 6. The number of nitrogens with two attached hydrogens (primary N) is 1. The second kappa shape index (κ2) is 26.8. The van der Waals surface area contributed by atoms with Gasteiger partial charge in [-0.15, -0.1) is 0 Å². The minimum Gasteiger partial charge on any atom is -0.481 e. The second-order valence-electron chi connectivity index (χ2n) is 16.4. The SMILES string of the molecule is CC(CP(=O)(O)[C@@H]1CCCCCC[C@H](NC(=O)[C@@H](N)CCC(=O)O)C(=O)N[C@@H](CC(=O)O)C(=O)N1)C(=O)N[C@H](C(=O)N[C@@H](CCC(=O)O)C(=O)N[C@@H](Cc1ccccc1)C(=O)O)C(C)C. The number of hydrogen-bond acceptors (Lipinski definition) is 12. The van der Waals surface area contributed by atoms with Gasteiger partial charge in [-0.3, -0.25) is 47.7 Å². The van der Waals surface area contributed by atoms with Crippen LogP contribution in [0.15, 0.2) is 30.3 Å². The van der Waals surface area contributed by atoms with Gasteiger partial charge in [0.25, 0.3) is 0 Å². The van der Waals surface area contributed by atoms with Crippen molar-refractivity contribution in [3.8, 4) is 0 Å². The topological polar surface area (TPSA) is 387 Å². The summed E-state index contributed by atoms with van der Waals surface area (Å²) in [5.41, 5.74) is 6.37. The average Bonchev–Trinajstić information content (AvgIpc) is 3.22. The van der Waals surface area contributed by atoms with Gasteiger partial charge in [-0.05, 0) is 37.2 Å². The summed E-state index contributed by atoms with van der Waals surface area (Å²) in [5, 5.41) is 51.9. The van der Waals surface area contributed by atoms with Gasteiger partial charge in [0.05, 0.1) is 12.5 Å². The number of carboxylic acids is 4. The van der Waals surface area contributed by atoms with E-state index in [2.05, 4.69) is 31.9 Å². The minimum absolute atomic E-state index is 0.0324. The van der Waals surface area contributed by atoms with Crippen LogP contribution in [-0.2, 0) is 58.9 Å². The summed E-state index contributed by atoms with van der Waals surface area (Å²) in [6, 6.07) is -0.410. The van der Waals surface area contributed by atoms with Gasteiger partial charge < -0.3 is 63.0 Å². The molecule has 362 valence electrons. The van der Waals surface area contributed by atoms with E-state index in [-0.39, 0.29) is 32.1 Å². The predicted molar refractivity (Wildman–Crippen MR) is 230 cm³/mol. The first-order chi connectivity index (χ1) is 30.4. The lowest BCUT2D eigenvalue weighted by Gasteiger charge is -2.29. The molecule has 24 heteroatoms. The molecule has 9 atom stereocenters. The van der Waals surface area contributed by atoms with Crippen LogP contribution in [0.25, 0.3) is 0 Å². The Bertz CT molecular complexity index is 1920. The monoisotopic (exact) mass is 939 g/mol. The Morgan fingerprint density at radius 2 is 1.31 bits per heavy atom. The van der Waals surface area contributed by atoms with Crippen LogP contribution in [0.4, 0.5) is 0 Å². The fourth-order valence-electron chi connectivity index (χ4n) is 6.85. The molecule has 0 aliphatic carbocycles. The van der Waals surface area contributed by atoms with Crippen LogP contribution >= 0.6 is 7.37 Å². The zero-order valence-electron chi connectivity index (χ0n) is 36.5. The molecule has 1 fully saturated rings. The highest BCUT2D eigenvalue weighted by Crippen LogP contribution is 2.49. The summed E-state index contributed by atoms with van der Waals surface area (Å²) in [7, 11) is -4.58. The fraction of sp³-hybridized carbons (Fsp3) is 0.610.